The number of aryl methyl sites for hydroxylation is 2. The van der Waals surface area contributed by atoms with Gasteiger partial charge >= 0.3 is 0 Å². The number of carbonyl (C=O) groups is 2. The molecule has 3 aromatic carbocycles. The van der Waals surface area contributed by atoms with Crippen molar-refractivity contribution < 1.29 is 14.3 Å². The zero-order chi connectivity index (χ0) is 23.2. The molecule has 0 aliphatic heterocycles. The zero-order valence-corrected chi connectivity index (χ0v) is 18.9. The third kappa shape index (κ3) is 5.47. The van der Waals surface area contributed by atoms with Crippen LogP contribution in [0.3, 0.4) is 0 Å². The molecule has 0 spiro atoms. The van der Waals surface area contributed by atoms with Crippen LogP contribution in [0, 0.1) is 13.8 Å². The lowest BCUT2D eigenvalue weighted by atomic mass is 10.1. The molecule has 1 amide bonds. The van der Waals surface area contributed by atoms with Crippen molar-refractivity contribution in [3.8, 4) is 5.75 Å². The topological polar surface area (TPSA) is 73.2 Å². The number of rotatable bonds is 9. The van der Waals surface area contributed by atoms with Crippen LogP contribution in [0.25, 0.3) is 11.0 Å². The summed E-state index contributed by atoms with van der Waals surface area (Å²) in [5.41, 5.74) is 4.47. The smallest absolute Gasteiger partial charge is 0.257 e. The SMILES string of the molecule is Cc1ccc(C)c(OCC(=O)NCCc2nc3ccccc3n2CC(=O)c2ccccc2)c1. The van der Waals surface area contributed by atoms with E-state index in [-0.39, 0.29) is 24.8 Å². The van der Waals surface area contributed by atoms with Crippen LogP contribution in [0.4, 0.5) is 0 Å². The summed E-state index contributed by atoms with van der Waals surface area (Å²) in [5.74, 6) is 1.30. The molecule has 0 bridgehead atoms. The van der Waals surface area contributed by atoms with Gasteiger partial charge in [-0.3, -0.25) is 9.59 Å². The molecule has 0 radical (unpaired) electrons. The van der Waals surface area contributed by atoms with E-state index in [1.54, 1.807) is 0 Å². The van der Waals surface area contributed by atoms with Gasteiger partial charge in [0.15, 0.2) is 12.4 Å². The van der Waals surface area contributed by atoms with E-state index < -0.39 is 0 Å². The van der Waals surface area contributed by atoms with Crippen molar-refractivity contribution in [3.05, 3.63) is 95.3 Å². The highest BCUT2D eigenvalue weighted by molar-refractivity contribution is 5.96. The predicted octanol–water partition coefficient (Wildman–Crippen LogP) is 4.27. The first-order valence-electron chi connectivity index (χ1n) is 11.0. The largest absolute Gasteiger partial charge is 0.483 e. The quantitative estimate of drug-likeness (QED) is 0.394. The van der Waals surface area contributed by atoms with E-state index in [1.165, 1.54) is 0 Å². The van der Waals surface area contributed by atoms with Crippen LogP contribution >= 0.6 is 0 Å². The van der Waals surface area contributed by atoms with E-state index in [1.807, 2.05) is 91.2 Å². The molecule has 1 N–H and O–H groups in total. The fraction of sp³-hybridized carbons (Fsp3) is 0.222. The minimum Gasteiger partial charge on any atom is -0.483 e. The van der Waals surface area contributed by atoms with Crippen molar-refractivity contribution in [1.29, 1.82) is 0 Å². The summed E-state index contributed by atoms with van der Waals surface area (Å²) < 4.78 is 7.61. The number of aromatic nitrogens is 2. The molecule has 0 atom stereocenters. The van der Waals surface area contributed by atoms with Gasteiger partial charge in [0.2, 0.25) is 0 Å². The Balaban J connectivity index is 1.40. The highest BCUT2D eigenvalue weighted by atomic mass is 16.5. The summed E-state index contributed by atoms with van der Waals surface area (Å²) in [6.45, 7) is 4.49. The number of Topliss-reactive ketones (excluding diaryl/α,β-unsaturated/α-hetero) is 1. The Morgan fingerprint density at radius 3 is 2.55 bits per heavy atom. The van der Waals surface area contributed by atoms with E-state index in [9.17, 15) is 9.59 Å². The van der Waals surface area contributed by atoms with Gasteiger partial charge in [0.25, 0.3) is 5.91 Å². The zero-order valence-electron chi connectivity index (χ0n) is 18.9. The normalized spacial score (nSPS) is 10.8. The van der Waals surface area contributed by atoms with E-state index in [0.29, 0.717) is 24.3 Å². The Morgan fingerprint density at radius 2 is 1.73 bits per heavy atom. The number of para-hydroxylation sites is 2. The number of fused-ring (bicyclic) bond motifs is 1. The van der Waals surface area contributed by atoms with E-state index in [0.717, 1.165) is 28.0 Å². The molecule has 4 aromatic rings. The first-order chi connectivity index (χ1) is 16.0. The maximum atomic E-state index is 12.8. The van der Waals surface area contributed by atoms with Crippen molar-refractivity contribution in [2.75, 3.05) is 13.2 Å². The van der Waals surface area contributed by atoms with Gasteiger partial charge in [0.1, 0.15) is 11.6 Å². The Bertz CT molecular complexity index is 1280. The lowest BCUT2D eigenvalue weighted by molar-refractivity contribution is -0.123. The number of nitrogens with zero attached hydrogens (tertiary/aromatic N) is 2. The Hall–Kier alpha value is -3.93. The molecule has 4 rings (SSSR count). The average molecular weight is 442 g/mol. The molecule has 0 saturated carbocycles. The van der Waals surface area contributed by atoms with E-state index >= 15 is 0 Å². The number of imidazole rings is 1. The minimum absolute atomic E-state index is 0.0194. The second kappa shape index (κ2) is 10.1. The minimum atomic E-state index is -0.195. The molecule has 1 heterocycles. The standard InChI is InChI=1S/C27H27N3O3/c1-19-12-13-20(2)25(16-19)33-18-27(32)28-15-14-26-29-22-10-6-7-11-23(22)30(26)17-24(31)21-8-4-3-5-9-21/h3-13,16H,14-15,17-18H2,1-2H3,(H,28,32). The Kier molecular flexibility index (Phi) is 6.83. The molecular weight excluding hydrogens is 414 g/mol. The average Bonchev–Trinajstić information content (AvgIpc) is 3.17. The molecule has 0 aliphatic carbocycles. The second-order valence-corrected chi connectivity index (χ2v) is 8.05. The molecule has 0 fully saturated rings. The lowest BCUT2D eigenvalue weighted by Crippen LogP contribution is -2.31. The third-order valence-corrected chi connectivity index (χ3v) is 5.50. The van der Waals surface area contributed by atoms with Crippen LogP contribution in [0.5, 0.6) is 5.75 Å². The first-order valence-corrected chi connectivity index (χ1v) is 11.0. The molecule has 6 heteroatoms. The number of hydrogen-bond acceptors (Lipinski definition) is 4. The molecule has 6 nitrogen and oxygen atoms in total. The molecule has 33 heavy (non-hydrogen) atoms. The van der Waals surface area contributed by atoms with Crippen molar-refractivity contribution in [1.82, 2.24) is 14.9 Å². The van der Waals surface area contributed by atoms with Gasteiger partial charge in [-0.25, -0.2) is 4.98 Å². The molecule has 1 aromatic heterocycles. The fourth-order valence-electron chi connectivity index (χ4n) is 3.72. The van der Waals surface area contributed by atoms with Crippen LogP contribution < -0.4 is 10.1 Å². The molecule has 0 saturated heterocycles. The number of amides is 1. The van der Waals surface area contributed by atoms with Gasteiger partial charge < -0.3 is 14.6 Å². The highest BCUT2D eigenvalue weighted by Gasteiger charge is 2.15. The predicted molar refractivity (Wildman–Crippen MR) is 129 cm³/mol. The molecule has 0 unspecified atom stereocenters. The maximum Gasteiger partial charge on any atom is 0.257 e. The van der Waals surface area contributed by atoms with Crippen LogP contribution in [0.2, 0.25) is 0 Å². The fourth-order valence-corrected chi connectivity index (χ4v) is 3.72. The van der Waals surface area contributed by atoms with Gasteiger partial charge in [-0.2, -0.15) is 0 Å². The summed E-state index contributed by atoms with van der Waals surface area (Å²) >= 11 is 0. The second-order valence-electron chi connectivity index (χ2n) is 8.05. The number of benzene rings is 3. The van der Waals surface area contributed by atoms with Crippen LogP contribution in [-0.4, -0.2) is 34.4 Å². The van der Waals surface area contributed by atoms with Crippen molar-refractivity contribution in [3.63, 3.8) is 0 Å². The summed E-state index contributed by atoms with van der Waals surface area (Å²) in [4.78, 5) is 29.8. The van der Waals surface area contributed by atoms with Crippen LogP contribution in [0.15, 0.2) is 72.8 Å². The maximum absolute atomic E-state index is 12.8. The molecular formula is C27H27N3O3. The summed E-state index contributed by atoms with van der Waals surface area (Å²) in [6.07, 6.45) is 0.506. The van der Waals surface area contributed by atoms with Crippen molar-refractivity contribution in [2.45, 2.75) is 26.8 Å². The van der Waals surface area contributed by atoms with Gasteiger partial charge in [-0.1, -0.05) is 54.6 Å². The van der Waals surface area contributed by atoms with Gasteiger partial charge in [0, 0.05) is 18.5 Å². The first kappa shape index (κ1) is 22.3. The van der Waals surface area contributed by atoms with E-state index in [4.69, 9.17) is 9.72 Å². The highest BCUT2D eigenvalue weighted by Crippen LogP contribution is 2.19. The Labute approximate surface area is 193 Å². The number of carbonyl (C=O) groups excluding carboxylic acids is 2. The summed E-state index contributed by atoms with van der Waals surface area (Å²) in [7, 11) is 0. The summed E-state index contributed by atoms with van der Waals surface area (Å²) in [5, 5.41) is 2.89. The number of ketones is 1. The molecule has 0 aliphatic rings. The van der Waals surface area contributed by atoms with Gasteiger partial charge in [-0.05, 0) is 43.2 Å². The van der Waals surface area contributed by atoms with Gasteiger partial charge in [0.05, 0.1) is 17.6 Å². The number of ether oxygens (including phenoxy) is 1. The van der Waals surface area contributed by atoms with Gasteiger partial charge in [-0.15, -0.1) is 0 Å². The lowest BCUT2D eigenvalue weighted by Gasteiger charge is -2.11. The van der Waals surface area contributed by atoms with Crippen molar-refractivity contribution >= 4 is 22.7 Å². The van der Waals surface area contributed by atoms with E-state index in [2.05, 4.69) is 5.32 Å². The van der Waals surface area contributed by atoms with Crippen molar-refractivity contribution in [2.24, 2.45) is 0 Å². The Morgan fingerprint density at radius 1 is 0.970 bits per heavy atom. The van der Waals surface area contributed by atoms with Crippen LogP contribution in [0.1, 0.15) is 27.3 Å². The molecule has 168 valence electrons. The number of hydrogen-bond donors (Lipinski definition) is 1. The third-order valence-electron chi connectivity index (χ3n) is 5.50. The summed E-state index contributed by atoms with van der Waals surface area (Å²) in [6, 6.07) is 22.9. The number of nitrogens with one attached hydrogen (secondary N) is 1. The monoisotopic (exact) mass is 441 g/mol. The van der Waals surface area contributed by atoms with Crippen LogP contribution in [-0.2, 0) is 17.8 Å².